The predicted molar refractivity (Wildman–Crippen MR) is 91.3 cm³/mol. The highest BCUT2D eigenvalue weighted by atomic mass is 32.1. The molecular weight excluding hydrogens is 278 g/mol. The Labute approximate surface area is 129 Å². The van der Waals surface area contributed by atoms with Crippen molar-refractivity contribution in [3.8, 4) is 0 Å². The number of fused-ring (bicyclic) bond motifs is 1. The lowest BCUT2D eigenvalue weighted by atomic mass is 10.1. The number of rotatable bonds is 4. The number of benzene rings is 1. The minimum atomic E-state index is 0.408. The Kier molecular flexibility index (Phi) is 4.25. The molecule has 0 saturated carbocycles. The quantitative estimate of drug-likeness (QED) is 0.667. The van der Waals surface area contributed by atoms with Crippen LogP contribution in [0, 0.1) is 0 Å². The van der Waals surface area contributed by atoms with Crippen LogP contribution in [0.15, 0.2) is 40.7 Å². The highest BCUT2D eigenvalue weighted by Gasteiger charge is 2.11. The number of nitrogens with two attached hydrogens (primary N) is 1. The fraction of sp³-hybridized carbons (Fsp3) is 0.353. The molecule has 3 nitrogen and oxygen atoms in total. The third-order valence-corrected chi connectivity index (χ3v) is 5.04. The van der Waals surface area contributed by atoms with E-state index in [-0.39, 0.29) is 0 Å². The van der Waals surface area contributed by atoms with E-state index in [1.54, 1.807) is 11.3 Å². The zero-order valence-corrected chi connectivity index (χ0v) is 13.1. The Morgan fingerprint density at radius 1 is 1.33 bits per heavy atom. The highest BCUT2D eigenvalue weighted by molar-refractivity contribution is 7.10. The van der Waals surface area contributed by atoms with E-state index in [2.05, 4.69) is 52.9 Å². The van der Waals surface area contributed by atoms with Crippen molar-refractivity contribution in [2.45, 2.75) is 32.1 Å². The molecule has 3 rings (SSSR count). The number of aryl methyl sites for hydroxylation is 2. The van der Waals surface area contributed by atoms with Crippen molar-refractivity contribution in [3.05, 3.63) is 51.7 Å². The van der Waals surface area contributed by atoms with Gasteiger partial charge in [0.25, 0.3) is 0 Å². The Morgan fingerprint density at radius 3 is 3.00 bits per heavy atom. The Morgan fingerprint density at radius 2 is 2.19 bits per heavy atom. The predicted octanol–water partition coefficient (Wildman–Crippen LogP) is 3.77. The van der Waals surface area contributed by atoms with Crippen molar-refractivity contribution < 1.29 is 0 Å². The Bertz CT molecular complexity index is 631. The van der Waals surface area contributed by atoms with Gasteiger partial charge in [0.05, 0.1) is 6.54 Å². The molecule has 1 heterocycles. The van der Waals surface area contributed by atoms with Gasteiger partial charge in [0, 0.05) is 16.5 Å². The molecule has 0 aliphatic heterocycles. The van der Waals surface area contributed by atoms with Crippen LogP contribution in [0.1, 0.15) is 35.3 Å². The maximum Gasteiger partial charge on any atom is 0.193 e. The van der Waals surface area contributed by atoms with Crippen LogP contribution < -0.4 is 11.1 Å². The summed E-state index contributed by atoms with van der Waals surface area (Å²) in [5, 5.41) is 5.30. The molecule has 1 atom stereocenters. The monoisotopic (exact) mass is 299 g/mol. The summed E-state index contributed by atoms with van der Waals surface area (Å²) in [4.78, 5) is 5.81. The average molecular weight is 299 g/mol. The fourth-order valence-corrected chi connectivity index (χ4v) is 3.51. The summed E-state index contributed by atoms with van der Waals surface area (Å²) >= 11 is 1.77. The molecule has 1 unspecified atom stereocenters. The Balaban J connectivity index is 1.60. The first-order chi connectivity index (χ1) is 10.2. The minimum absolute atomic E-state index is 0.408. The van der Waals surface area contributed by atoms with E-state index < -0.39 is 0 Å². The zero-order valence-electron chi connectivity index (χ0n) is 12.3. The van der Waals surface area contributed by atoms with Crippen LogP contribution >= 0.6 is 11.3 Å². The summed E-state index contributed by atoms with van der Waals surface area (Å²) in [5.41, 5.74) is 9.96. The van der Waals surface area contributed by atoms with Gasteiger partial charge in [0.1, 0.15) is 0 Å². The Hall–Kier alpha value is -1.81. The van der Waals surface area contributed by atoms with Gasteiger partial charge in [-0.15, -0.1) is 11.3 Å². The van der Waals surface area contributed by atoms with Gasteiger partial charge in [0.15, 0.2) is 5.96 Å². The molecule has 0 fully saturated rings. The summed E-state index contributed by atoms with van der Waals surface area (Å²) in [5.74, 6) is 0.904. The van der Waals surface area contributed by atoms with Crippen LogP contribution in [0.2, 0.25) is 0 Å². The van der Waals surface area contributed by atoms with Gasteiger partial charge in [-0.05, 0) is 54.0 Å². The minimum Gasteiger partial charge on any atom is -0.370 e. The van der Waals surface area contributed by atoms with Crippen molar-refractivity contribution in [3.63, 3.8) is 0 Å². The van der Waals surface area contributed by atoms with Crippen molar-refractivity contribution in [2.24, 2.45) is 10.7 Å². The van der Waals surface area contributed by atoms with Gasteiger partial charge in [-0.2, -0.15) is 0 Å². The molecule has 3 N–H and O–H groups in total. The molecule has 0 amide bonds. The van der Waals surface area contributed by atoms with Crippen molar-refractivity contribution in [2.75, 3.05) is 11.9 Å². The SMILES string of the molecule is CC(CN=C(N)Nc1ccc2c(c1)CCC2)c1cccs1. The number of nitrogens with one attached hydrogen (secondary N) is 1. The molecule has 0 bridgehead atoms. The van der Waals surface area contributed by atoms with Gasteiger partial charge >= 0.3 is 0 Å². The van der Waals surface area contributed by atoms with Crippen molar-refractivity contribution in [1.82, 2.24) is 0 Å². The fourth-order valence-electron chi connectivity index (χ4n) is 2.73. The number of hydrogen-bond acceptors (Lipinski definition) is 2. The first-order valence-corrected chi connectivity index (χ1v) is 8.32. The summed E-state index contributed by atoms with van der Waals surface area (Å²) in [6.45, 7) is 2.89. The average Bonchev–Trinajstić information content (AvgIpc) is 3.15. The number of nitrogens with zero attached hydrogens (tertiary/aromatic N) is 1. The molecule has 0 saturated heterocycles. The number of anilines is 1. The largest absolute Gasteiger partial charge is 0.370 e. The second kappa shape index (κ2) is 6.31. The smallest absolute Gasteiger partial charge is 0.193 e. The topological polar surface area (TPSA) is 50.4 Å². The molecule has 1 aliphatic carbocycles. The molecular formula is C17H21N3S. The van der Waals surface area contributed by atoms with Crippen LogP contribution in [0.5, 0.6) is 0 Å². The van der Waals surface area contributed by atoms with Crippen molar-refractivity contribution in [1.29, 1.82) is 0 Å². The molecule has 110 valence electrons. The van der Waals surface area contributed by atoms with E-state index in [4.69, 9.17) is 5.73 Å². The number of thiophene rings is 1. The van der Waals surface area contributed by atoms with Gasteiger partial charge < -0.3 is 11.1 Å². The first-order valence-electron chi connectivity index (χ1n) is 7.44. The summed E-state index contributed by atoms with van der Waals surface area (Å²) in [6.07, 6.45) is 3.65. The van der Waals surface area contributed by atoms with Gasteiger partial charge in [-0.3, -0.25) is 4.99 Å². The molecule has 1 aliphatic rings. The lowest BCUT2D eigenvalue weighted by molar-refractivity contribution is 0.790. The third kappa shape index (κ3) is 3.45. The van der Waals surface area contributed by atoms with Crippen LogP contribution in [0.25, 0.3) is 0 Å². The lowest BCUT2D eigenvalue weighted by Crippen LogP contribution is -2.23. The van der Waals surface area contributed by atoms with Crippen LogP contribution in [0.3, 0.4) is 0 Å². The van der Waals surface area contributed by atoms with Crippen LogP contribution in [-0.2, 0) is 12.8 Å². The number of guanidine groups is 1. The van der Waals surface area contributed by atoms with Gasteiger partial charge in [-0.25, -0.2) is 0 Å². The van der Waals surface area contributed by atoms with Crippen LogP contribution in [-0.4, -0.2) is 12.5 Å². The highest BCUT2D eigenvalue weighted by Crippen LogP contribution is 2.25. The van der Waals surface area contributed by atoms with Crippen LogP contribution in [0.4, 0.5) is 5.69 Å². The molecule has 2 aromatic rings. The van der Waals surface area contributed by atoms with Crippen molar-refractivity contribution >= 4 is 23.0 Å². The van der Waals surface area contributed by atoms with E-state index >= 15 is 0 Å². The standard InChI is InChI=1S/C17H21N3S/c1-12(16-6-3-9-21-16)11-19-17(18)20-15-8-7-13-4-2-5-14(13)10-15/h3,6-10,12H,2,4-5,11H2,1H3,(H3,18,19,20). The summed E-state index contributed by atoms with van der Waals surface area (Å²) < 4.78 is 0. The number of hydrogen-bond donors (Lipinski definition) is 2. The molecule has 0 radical (unpaired) electrons. The maximum absolute atomic E-state index is 5.99. The molecule has 4 heteroatoms. The van der Waals surface area contributed by atoms with E-state index in [0.29, 0.717) is 18.4 Å². The van der Waals surface area contributed by atoms with Gasteiger partial charge in [0.2, 0.25) is 0 Å². The maximum atomic E-state index is 5.99. The van der Waals surface area contributed by atoms with E-state index in [9.17, 15) is 0 Å². The van der Waals surface area contributed by atoms with E-state index in [1.165, 1.54) is 35.3 Å². The molecule has 1 aromatic heterocycles. The molecule has 21 heavy (non-hydrogen) atoms. The second-order valence-electron chi connectivity index (χ2n) is 5.60. The molecule has 0 spiro atoms. The second-order valence-corrected chi connectivity index (χ2v) is 6.58. The normalized spacial score (nSPS) is 15.8. The third-order valence-electron chi connectivity index (χ3n) is 3.94. The van der Waals surface area contributed by atoms with Gasteiger partial charge in [-0.1, -0.05) is 19.1 Å². The first kappa shape index (κ1) is 14.1. The number of aliphatic imine (C=N–C) groups is 1. The zero-order chi connectivity index (χ0) is 14.7. The summed E-state index contributed by atoms with van der Waals surface area (Å²) in [6, 6.07) is 10.7. The lowest BCUT2D eigenvalue weighted by Gasteiger charge is -2.10. The van der Waals surface area contributed by atoms with E-state index in [1.807, 2.05) is 0 Å². The summed E-state index contributed by atoms with van der Waals surface area (Å²) in [7, 11) is 0. The van der Waals surface area contributed by atoms with E-state index in [0.717, 1.165) is 5.69 Å². The molecule has 1 aromatic carbocycles.